The summed E-state index contributed by atoms with van der Waals surface area (Å²) in [5.41, 5.74) is -0.757. The van der Waals surface area contributed by atoms with Gasteiger partial charge in [-0.15, -0.1) is 0 Å². The first kappa shape index (κ1) is 26.1. The van der Waals surface area contributed by atoms with Crippen LogP contribution in [0.2, 0.25) is 0 Å². The first-order chi connectivity index (χ1) is 14.3. The van der Waals surface area contributed by atoms with Crippen molar-refractivity contribution in [2.45, 2.75) is 24.2 Å². The second kappa shape index (κ2) is 11.5. The lowest BCUT2D eigenvalue weighted by Crippen LogP contribution is -2.14. The Morgan fingerprint density at radius 3 is 2.23 bits per heavy atom. The van der Waals surface area contributed by atoms with Crippen LogP contribution in [0.15, 0.2) is 35.4 Å². The maximum atomic E-state index is 12.9. The van der Waals surface area contributed by atoms with E-state index in [2.05, 4.69) is 20.0 Å². The van der Waals surface area contributed by atoms with Gasteiger partial charge in [-0.1, -0.05) is 0 Å². The van der Waals surface area contributed by atoms with Crippen LogP contribution in [0.4, 0.5) is 38.0 Å². The SMILES string of the molecule is CC(F)(F)F.O=CNS(=O)c1ccc(Nc2ncc(C(F)(F)F)c(OCCO)n2)cc1. The minimum atomic E-state index is -4.71. The summed E-state index contributed by atoms with van der Waals surface area (Å²) >= 11 is 0. The highest BCUT2D eigenvalue weighted by atomic mass is 32.2. The van der Waals surface area contributed by atoms with Crippen molar-refractivity contribution in [2.24, 2.45) is 0 Å². The number of nitrogens with one attached hydrogen (secondary N) is 2. The van der Waals surface area contributed by atoms with E-state index >= 15 is 0 Å². The van der Waals surface area contributed by atoms with Gasteiger partial charge in [0.25, 0.3) is 0 Å². The van der Waals surface area contributed by atoms with Crippen molar-refractivity contribution < 1.29 is 45.2 Å². The van der Waals surface area contributed by atoms with E-state index in [0.717, 1.165) is 0 Å². The molecule has 0 aliphatic heterocycles. The molecule has 172 valence electrons. The Bertz CT molecular complexity index is 872. The first-order valence-corrected chi connectivity index (χ1v) is 9.23. The third-order valence-electron chi connectivity index (χ3n) is 2.87. The molecule has 1 aromatic heterocycles. The summed E-state index contributed by atoms with van der Waals surface area (Å²) in [5.74, 6) is -0.872. The molecule has 0 aliphatic carbocycles. The average molecular weight is 474 g/mol. The topological polar surface area (TPSA) is 113 Å². The quantitative estimate of drug-likeness (QED) is 0.398. The number of ether oxygens (including phenoxy) is 1. The van der Waals surface area contributed by atoms with Crippen molar-refractivity contribution in [1.82, 2.24) is 14.7 Å². The van der Waals surface area contributed by atoms with Gasteiger partial charge in [-0.05, 0) is 24.3 Å². The molecule has 3 N–H and O–H groups in total. The van der Waals surface area contributed by atoms with Crippen molar-refractivity contribution in [2.75, 3.05) is 18.5 Å². The van der Waals surface area contributed by atoms with Crippen LogP contribution in [0.3, 0.4) is 0 Å². The Labute approximate surface area is 174 Å². The fourth-order valence-corrected chi connectivity index (χ4v) is 2.38. The number of amides is 1. The number of hydrogen-bond acceptors (Lipinski definition) is 7. The smallest absolute Gasteiger partial charge is 0.423 e. The highest BCUT2D eigenvalue weighted by Gasteiger charge is 2.36. The van der Waals surface area contributed by atoms with E-state index in [9.17, 15) is 35.3 Å². The number of anilines is 2. The second-order valence-corrected chi connectivity index (χ2v) is 6.66. The first-order valence-electron chi connectivity index (χ1n) is 8.08. The standard InChI is InChI=1S/C14H13F3N4O4S.C2H3F3/c15-14(16,17)11-7-18-13(21-12(11)25-6-5-22)20-9-1-3-10(4-2-9)26(24)19-8-23;1-2(3,4)5/h1-4,7-8,22H,5-6H2,(H,19,23)(H,18,20,21);1H3. The van der Waals surface area contributed by atoms with Crippen LogP contribution in [-0.4, -0.2) is 45.1 Å². The number of alkyl halides is 6. The number of benzene rings is 1. The number of aliphatic hydroxyl groups is 1. The summed E-state index contributed by atoms with van der Waals surface area (Å²) in [5, 5.41) is 11.4. The third-order valence-corrected chi connectivity index (χ3v) is 3.88. The number of carbonyl (C=O) groups is 1. The van der Waals surface area contributed by atoms with E-state index < -0.39 is 41.4 Å². The van der Waals surface area contributed by atoms with Gasteiger partial charge in [0.05, 0.1) is 11.5 Å². The van der Waals surface area contributed by atoms with Crippen molar-refractivity contribution in [3.8, 4) is 5.88 Å². The molecule has 0 aliphatic rings. The number of hydrogen-bond donors (Lipinski definition) is 3. The zero-order chi connectivity index (χ0) is 23.7. The Kier molecular flexibility index (Phi) is 9.64. The molecule has 1 aromatic carbocycles. The molecule has 2 rings (SSSR count). The van der Waals surface area contributed by atoms with Gasteiger partial charge in [0.15, 0.2) is 11.0 Å². The molecular formula is C16H16F6N4O4S. The number of rotatable bonds is 8. The van der Waals surface area contributed by atoms with Gasteiger partial charge in [-0.2, -0.15) is 31.3 Å². The number of aliphatic hydroxyl groups excluding tert-OH is 1. The predicted octanol–water partition coefficient (Wildman–Crippen LogP) is 2.95. The summed E-state index contributed by atoms with van der Waals surface area (Å²) in [7, 11) is -1.70. The van der Waals surface area contributed by atoms with Gasteiger partial charge in [-0.3, -0.25) is 9.52 Å². The van der Waals surface area contributed by atoms with Gasteiger partial charge in [-0.25, -0.2) is 9.19 Å². The van der Waals surface area contributed by atoms with E-state index in [1.807, 2.05) is 0 Å². The summed E-state index contributed by atoms with van der Waals surface area (Å²) < 4.78 is 88.3. The Hall–Kier alpha value is -2.94. The highest BCUT2D eigenvalue weighted by molar-refractivity contribution is 7.83. The van der Waals surface area contributed by atoms with Crippen LogP contribution in [0.1, 0.15) is 12.5 Å². The maximum absolute atomic E-state index is 12.9. The molecule has 0 saturated carbocycles. The van der Waals surface area contributed by atoms with Crippen LogP contribution in [0.5, 0.6) is 5.88 Å². The molecule has 1 unspecified atom stereocenters. The molecule has 1 atom stereocenters. The molecule has 1 amide bonds. The normalized spacial score (nSPS) is 12.3. The maximum Gasteiger partial charge on any atom is 0.423 e. The third kappa shape index (κ3) is 10.1. The molecule has 0 saturated heterocycles. The van der Waals surface area contributed by atoms with Crippen molar-refractivity contribution >= 4 is 29.0 Å². The molecule has 0 spiro atoms. The molecule has 0 bridgehead atoms. The molecule has 1 heterocycles. The second-order valence-electron chi connectivity index (χ2n) is 5.42. The largest absolute Gasteiger partial charge is 0.475 e. The Morgan fingerprint density at radius 2 is 1.74 bits per heavy atom. The van der Waals surface area contributed by atoms with Gasteiger partial charge in [0.1, 0.15) is 12.2 Å². The zero-order valence-corrected chi connectivity index (χ0v) is 16.4. The lowest BCUT2D eigenvalue weighted by molar-refractivity contribution is -0.139. The summed E-state index contributed by atoms with van der Waals surface area (Å²) in [6.07, 6.45) is -7.84. The summed E-state index contributed by atoms with van der Waals surface area (Å²) in [4.78, 5) is 17.8. The fraction of sp³-hybridized carbons (Fsp3) is 0.312. The number of nitrogens with zero attached hydrogens (tertiary/aromatic N) is 2. The number of carbonyl (C=O) groups excluding carboxylic acids is 1. The molecule has 0 fully saturated rings. The molecule has 31 heavy (non-hydrogen) atoms. The fourth-order valence-electron chi connectivity index (χ4n) is 1.78. The van der Waals surface area contributed by atoms with E-state index in [1.54, 1.807) is 0 Å². The van der Waals surface area contributed by atoms with Gasteiger partial charge in [0, 0.05) is 18.8 Å². The van der Waals surface area contributed by atoms with Gasteiger partial charge in [0.2, 0.25) is 18.2 Å². The lowest BCUT2D eigenvalue weighted by Gasteiger charge is -2.13. The van der Waals surface area contributed by atoms with Crippen molar-refractivity contribution in [3.63, 3.8) is 0 Å². The molecule has 0 radical (unpaired) electrons. The van der Waals surface area contributed by atoms with Gasteiger partial charge < -0.3 is 15.2 Å². The van der Waals surface area contributed by atoms with E-state index in [0.29, 0.717) is 23.2 Å². The van der Waals surface area contributed by atoms with Crippen LogP contribution < -0.4 is 14.8 Å². The van der Waals surface area contributed by atoms with Gasteiger partial charge >= 0.3 is 12.4 Å². The van der Waals surface area contributed by atoms with Crippen LogP contribution in [0, 0.1) is 0 Å². The predicted molar refractivity (Wildman–Crippen MR) is 96.7 cm³/mol. The van der Waals surface area contributed by atoms with E-state index in [4.69, 9.17) is 9.84 Å². The van der Waals surface area contributed by atoms with Crippen molar-refractivity contribution in [1.29, 1.82) is 0 Å². The molecule has 2 aromatic rings. The monoisotopic (exact) mass is 474 g/mol. The van der Waals surface area contributed by atoms with E-state index in [-0.39, 0.29) is 19.5 Å². The van der Waals surface area contributed by atoms with E-state index in [1.165, 1.54) is 24.3 Å². The van der Waals surface area contributed by atoms with Crippen LogP contribution in [-0.2, 0) is 22.0 Å². The lowest BCUT2D eigenvalue weighted by atomic mass is 10.3. The van der Waals surface area contributed by atoms with Crippen molar-refractivity contribution in [3.05, 3.63) is 36.0 Å². The summed E-state index contributed by atoms with van der Waals surface area (Å²) in [6, 6.07) is 5.86. The van der Waals surface area contributed by atoms with Crippen LogP contribution >= 0.6 is 0 Å². The minimum absolute atomic E-state index is 0.161. The summed E-state index contributed by atoms with van der Waals surface area (Å²) in [6.45, 7) is -0.645. The molecular weight excluding hydrogens is 458 g/mol. The highest BCUT2D eigenvalue weighted by Crippen LogP contribution is 2.35. The number of halogens is 6. The molecule has 8 nitrogen and oxygen atoms in total. The molecule has 15 heteroatoms. The Morgan fingerprint density at radius 1 is 1.16 bits per heavy atom. The Balaban J connectivity index is 0.000000861. The van der Waals surface area contributed by atoms with Crippen LogP contribution in [0.25, 0.3) is 0 Å². The zero-order valence-electron chi connectivity index (χ0n) is 15.6. The average Bonchev–Trinajstić information content (AvgIpc) is 2.65. The number of aromatic nitrogens is 2. The minimum Gasteiger partial charge on any atom is -0.475 e.